The minimum Gasteiger partial charge on any atom is -0.478 e. The topological polar surface area (TPSA) is 66.0 Å². The zero-order chi connectivity index (χ0) is 12.4. The molecule has 0 bridgehead atoms. The molecule has 0 aliphatic heterocycles. The van der Waals surface area contributed by atoms with Crippen molar-refractivity contribution in [3.05, 3.63) is 41.2 Å². The molecule has 0 spiro atoms. The van der Waals surface area contributed by atoms with Crippen LogP contribution in [0.25, 0.3) is 11.4 Å². The van der Waals surface area contributed by atoms with E-state index in [-0.39, 0.29) is 5.56 Å². The summed E-state index contributed by atoms with van der Waals surface area (Å²) in [7, 11) is 0. The first-order valence-corrected chi connectivity index (χ1v) is 5.75. The number of imidazole rings is 1. The van der Waals surface area contributed by atoms with Crippen LogP contribution in [0.1, 0.15) is 21.7 Å². The summed E-state index contributed by atoms with van der Waals surface area (Å²) in [6, 6.07) is 6.79. The number of aromatic nitrogens is 2. The standard InChI is InChI=1S/C12H12N2O2S/c1-7-10(6-17)14-11(13-7)8-4-2-3-5-9(8)12(15)16/h2-5,17H,6H2,1H3,(H,13,14)(H,15,16). The van der Waals surface area contributed by atoms with Crippen LogP contribution in [0, 0.1) is 6.92 Å². The van der Waals surface area contributed by atoms with Crippen molar-refractivity contribution in [3.63, 3.8) is 0 Å². The predicted octanol–water partition coefficient (Wildman–Crippen LogP) is 2.51. The van der Waals surface area contributed by atoms with Crippen LogP contribution in [0.4, 0.5) is 0 Å². The maximum absolute atomic E-state index is 11.1. The summed E-state index contributed by atoms with van der Waals surface area (Å²) in [4.78, 5) is 18.5. The molecule has 88 valence electrons. The molecular weight excluding hydrogens is 236 g/mol. The Labute approximate surface area is 104 Å². The minimum absolute atomic E-state index is 0.243. The molecule has 1 heterocycles. The molecule has 4 nitrogen and oxygen atoms in total. The minimum atomic E-state index is -0.956. The molecule has 1 aromatic carbocycles. The fourth-order valence-electron chi connectivity index (χ4n) is 1.65. The molecule has 0 saturated carbocycles. The smallest absolute Gasteiger partial charge is 0.336 e. The highest BCUT2D eigenvalue weighted by atomic mass is 32.1. The number of carbonyl (C=O) groups is 1. The van der Waals surface area contributed by atoms with Crippen molar-refractivity contribution in [2.24, 2.45) is 0 Å². The number of aromatic carboxylic acids is 1. The lowest BCUT2D eigenvalue weighted by Crippen LogP contribution is -1.99. The first kappa shape index (κ1) is 11.7. The molecule has 0 radical (unpaired) electrons. The van der Waals surface area contributed by atoms with Crippen molar-refractivity contribution in [3.8, 4) is 11.4 Å². The summed E-state index contributed by atoms with van der Waals surface area (Å²) in [6.07, 6.45) is 0. The zero-order valence-electron chi connectivity index (χ0n) is 9.27. The number of aryl methyl sites for hydroxylation is 1. The lowest BCUT2D eigenvalue weighted by Gasteiger charge is -2.01. The summed E-state index contributed by atoms with van der Waals surface area (Å²) in [5, 5.41) is 9.10. The second-order valence-corrected chi connectivity index (χ2v) is 3.98. The maximum atomic E-state index is 11.1. The third-order valence-electron chi connectivity index (χ3n) is 2.55. The van der Waals surface area contributed by atoms with Gasteiger partial charge in [0.15, 0.2) is 0 Å². The van der Waals surface area contributed by atoms with Gasteiger partial charge in [0, 0.05) is 17.0 Å². The SMILES string of the molecule is Cc1[nH]c(-c2ccccc2C(=O)O)nc1CS. The van der Waals surface area contributed by atoms with E-state index in [0.29, 0.717) is 17.1 Å². The number of thiol groups is 1. The third-order valence-corrected chi connectivity index (χ3v) is 2.85. The number of rotatable bonds is 3. The van der Waals surface area contributed by atoms with Gasteiger partial charge in [0.2, 0.25) is 0 Å². The quantitative estimate of drug-likeness (QED) is 0.731. The molecule has 0 amide bonds. The maximum Gasteiger partial charge on any atom is 0.336 e. The Hall–Kier alpha value is -1.75. The van der Waals surface area contributed by atoms with Crippen LogP contribution in [0.2, 0.25) is 0 Å². The molecule has 17 heavy (non-hydrogen) atoms. The molecule has 0 fully saturated rings. The molecule has 2 aromatic rings. The Bertz CT molecular complexity index is 563. The van der Waals surface area contributed by atoms with Crippen molar-refractivity contribution in [1.82, 2.24) is 9.97 Å². The average Bonchev–Trinajstić information content (AvgIpc) is 2.70. The summed E-state index contributed by atoms with van der Waals surface area (Å²) < 4.78 is 0. The summed E-state index contributed by atoms with van der Waals surface area (Å²) >= 11 is 4.17. The fourth-order valence-corrected chi connectivity index (χ4v) is 1.96. The molecule has 0 atom stereocenters. The molecule has 5 heteroatoms. The number of H-pyrrole nitrogens is 1. The number of aromatic amines is 1. The number of carboxylic acids is 1. The third kappa shape index (κ3) is 2.19. The van der Waals surface area contributed by atoms with E-state index in [0.717, 1.165) is 11.4 Å². The van der Waals surface area contributed by atoms with E-state index in [1.165, 1.54) is 0 Å². The lowest BCUT2D eigenvalue weighted by atomic mass is 10.1. The Morgan fingerprint density at radius 1 is 1.47 bits per heavy atom. The van der Waals surface area contributed by atoms with Crippen molar-refractivity contribution in [1.29, 1.82) is 0 Å². The lowest BCUT2D eigenvalue weighted by molar-refractivity contribution is 0.0697. The van der Waals surface area contributed by atoms with Gasteiger partial charge in [-0.3, -0.25) is 0 Å². The van der Waals surface area contributed by atoms with E-state index in [9.17, 15) is 4.79 Å². The summed E-state index contributed by atoms with van der Waals surface area (Å²) in [6.45, 7) is 1.89. The first-order valence-electron chi connectivity index (χ1n) is 5.12. The monoisotopic (exact) mass is 248 g/mol. The van der Waals surface area contributed by atoms with Gasteiger partial charge in [-0.25, -0.2) is 9.78 Å². The summed E-state index contributed by atoms with van der Waals surface area (Å²) in [5.41, 5.74) is 2.59. The Morgan fingerprint density at radius 3 is 2.76 bits per heavy atom. The highest BCUT2D eigenvalue weighted by Crippen LogP contribution is 2.22. The normalized spacial score (nSPS) is 10.5. The van der Waals surface area contributed by atoms with Crippen LogP contribution in [0.15, 0.2) is 24.3 Å². The van der Waals surface area contributed by atoms with Crippen LogP contribution >= 0.6 is 12.6 Å². The van der Waals surface area contributed by atoms with E-state index in [4.69, 9.17) is 5.11 Å². The Balaban J connectivity index is 2.56. The van der Waals surface area contributed by atoms with Gasteiger partial charge < -0.3 is 10.1 Å². The molecular formula is C12H12N2O2S. The molecule has 2 rings (SSSR count). The van der Waals surface area contributed by atoms with Gasteiger partial charge in [0.05, 0.1) is 11.3 Å². The Morgan fingerprint density at radius 2 is 2.18 bits per heavy atom. The van der Waals surface area contributed by atoms with Gasteiger partial charge in [-0.1, -0.05) is 18.2 Å². The number of hydrogen-bond acceptors (Lipinski definition) is 3. The number of hydrogen-bond donors (Lipinski definition) is 3. The van der Waals surface area contributed by atoms with E-state index in [1.54, 1.807) is 24.3 Å². The second kappa shape index (κ2) is 4.63. The number of benzene rings is 1. The van der Waals surface area contributed by atoms with Crippen molar-refractivity contribution < 1.29 is 9.90 Å². The van der Waals surface area contributed by atoms with E-state index in [2.05, 4.69) is 22.6 Å². The number of carboxylic acid groups (broad SMARTS) is 1. The van der Waals surface area contributed by atoms with E-state index >= 15 is 0 Å². The average molecular weight is 248 g/mol. The molecule has 0 unspecified atom stereocenters. The van der Waals surface area contributed by atoms with Crippen LogP contribution in [-0.2, 0) is 5.75 Å². The molecule has 2 N–H and O–H groups in total. The number of nitrogens with one attached hydrogen (secondary N) is 1. The van der Waals surface area contributed by atoms with Gasteiger partial charge in [-0.2, -0.15) is 12.6 Å². The Kier molecular flexibility index (Phi) is 3.19. The number of nitrogens with zero attached hydrogens (tertiary/aromatic N) is 1. The van der Waals surface area contributed by atoms with E-state index < -0.39 is 5.97 Å². The largest absolute Gasteiger partial charge is 0.478 e. The van der Waals surface area contributed by atoms with Crippen molar-refractivity contribution in [2.45, 2.75) is 12.7 Å². The first-order chi connectivity index (χ1) is 8.13. The summed E-state index contributed by atoms with van der Waals surface area (Å²) in [5.74, 6) is 0.143. The molecule has 0 saturated heterocycles. The fraction of sp³-hybridized carbons (Fsp3) is 0.167. The van der Waals surface area contributed by atoms with Crippen LogP contribution < -0.4 is 0 Å². The van der Waals surface area contributed by atoms with Crippen molar-refractivity contribution in [2.75, 3.05) is 0 Å². The zero-order valence-corrected chi connectivity index (χ0v) is 10.2. The molecule has 0 aliphatic carbocycles. The van der Waals surface area contributed by atoms with Crippen LogP contribution in [0.3, 0.4) is 0 Å². The van der Waals surface area contributed by atoms with Gasteiger partial charge in [-0.15, -0.1) is 0 Å². The van der Waals surface area contributed by atoms with Gasteiger partial charge >= 0.3 is 5.97 Å². The van der Waals surface area contributed by atoms with E-state index in [1.807, 2.05) is 6.92 Å². The van der Waals surface area contributed by atoms with Gasteiger partial charge in [0.1, 0.15) is 5.82 Å². The highest BCUT2D eigenvalue weighted by molar-refractivity contribution is 7.79. The van der Waals surface area contributed by atoms with Crippen LogP contribution in [0.5, 0.6) is 0 Å². The molecule has 0 aliphatic rings. The van der Waals surface area contributed by atoms with Gasteiger partial charge in [0.25, 0.3) is 0 Å². The second-order valence-electron chi connectivity index (χ2n) is 3.67. The van der Waals surface area contributed by atoms with Crippen LogP contribution in [-0.4, -0.2) is 21.0 Å². The highest BCUT2D eigenvalue weighted by Gasteiger charge is 2.14. The van der Waals surface area contributed by atoms with Crippen molar-refractivity contribution >= 4 is 18.6 Å². The molecule has 1 aromatic heterocycles. The van der Waals surface area contributed by atoms with Gasteiger partial charge in [-0.05, 0) is 13.0 Å². The predicted molar refractivity (Wildman–Crippen MR) is 68.4 cm³/mol.